The Morgan fingerprint density at radius 3 is 2.86 bits per heavy atom. The second kappa shape index (κ2) is 6.64. The summed E-state index contributed by atoms with van der Waals surface area (Å²) in [6.07, 6.45) is 0.415. The Morgan fingerprint density at radius 1 is 1.50 bits per heavy atom. The van der Waals surface area contributed by atoms with Crippen LogP contribution < -0.4 is 15.4 Å². The number of hydrogen-bond donors (Lipinski definition) is 1. The first-order chi connectivity index (χ1) is 10.4. The Labute approximate surface area is 129 Å². The van der Waals surface area contributed by atoms with Crippen molar-refractivity contribution in [1.82, 2.24) is 4.98 Å². The molecule has 0 saturated carbocycles. The van der Waals surface area contributed by atoms with Gasteiger partial charge in [-0.1, -0.05) is 20.8 Å². The number of nitrogen functional groups attached to an aromatic ring is 1. The first kappa shape index (κ1) is 16.1. The van der Waals surface area contributed by atoms with Crippen LogP contribution >= 0.6 is 0 Å². The molecule has 2 heterocycles. The van der Waals surface area contributed by atoms with Gasteiger partial charge in [0.05, 0.1) is 6.61 Å². The lowest BCUT2D eigenvalue weighted by atomic mass is 10.1. The standard InChI is InChI=1S/C15H21N3O4/c1-4-10(15(20)22-7-9(2)3)18-13(19)8-21-11-5-6-12(16)17-14(11)18/h5-6,9-10H,4,7-8H2,1-3H3,(H2,16,17). The van der Waals surface area contributed by atoms with Crippen molar-refractivity contribution in [2.75, 3.05) is 23.8 Å². The number of anilines is 2. The molecule has 1 amide bonds. The predicted octanol–water partition coefficient (Wildman–Crippen LogP) is 1.37. The molecule has 0 radical (unpaired) electrons. The van der Waals surface area contributed by atoms with Crippen molar-refractivity contribution >= 4 is 23.5 Å². The summed E-state index contributed by atoms with van der Waals surface area (Å²) in [5.74, 6) is 0.407. The van der Waals surface area contributed by atoms with E-state index in [4.69, 9.17) is 15.2 Å². The van der Waals surface area contributed by atoms with E-state index in [0.29, 0.717) is 18.8 Å². The van der Waals surface area contributed by atoms with E-state index in [1.807, 2.05) is 20.8 Å². The number of esters is 1. The SMILES string of the molecule is CCC(C(=O)OCC(C)C)N1C(=O)COc2ccc(N)nc21. The van der Waals surface area contributed by atoms with Gasteiger partial charge in [0.1, 0.15) is 11.9 Å². The minimum atomic E-state index is -0.733. The molecule has 1 aromatic rings. The number of aromatic nitrogens is 1. The zero-order valence-electron chi connectivity index (χ0n) is 13.0. The number of carbonyl (C=O) groups excluding carboxylic acids is 2. The highest BCUT2D eigenvalue weighted by Gasteiger charge is 2.37. The van der Waals surface area contributed by atoms with Gasteiger partial charge in [-0.15, -0.1) is 0 Å². The second-order valence-corrected chi connectivity index (χ2v) is 5.56. The van der Waals surface area contributed by atoms with Crippen LogP contribution in [0, 0.1) is 5.92 Å². The predicted molar refractivity (Wildman–Crippen MR) is 81.5 cm³/mol. The number of ether oxygens (including phenoxy) is 2. The third-order valence-corrected chi connectivity index (χ3v) is 3.24. The average Bonchev–Trinajstić information content (AvgIpc) is 2.48. The maximum Gasteiger partial charge on any atom is 0.329 e. The van der Waals surface area contributed by atoms with Crippen LogP contribution in [0.5, 0.6) is 5.75 Å². The molecular formula is C15H21N3O4. The molecule has 1 aliphatic rings. The number of carbonyl (C=O) groups is 2. The number of pyridine rings is 1. The molecule has 0 saturated heterocycles. The summed E-state index contributed by atoms with van der Waals surface area (Å²) in [4.78, 5) is 30.0. The summed E-state index contributed by atoms with van der Waals surface area (Å²) < 4.78 is 10.6. The molecule has 0 aromatic carbocycles. The van der Waals surface area contributed by atoms with Crippen molar-refractivity contribution in [3.8, 4) is 5.75 Å². The van der Waals surface area contributed by atoms with Crippen LogP contribution in [0.4, 0.5) is 11.6 Å². The van der Waals surface area contributed by atoms with E-state index in [-0.39, 0.29) is 30.1 Å². The van der Waals surface area contributed by atoms with Gasteiger partial charge in [0.15, 0.2) is 18.2 Å². The number of hydrogen-bond acceptors (Lipinski definition) is 6. The first-order valence-corrected chi connectivity index (χ1v) is 7.32. The Bertz CT molecular complexity index is 574. The van der Waals surface area contributed by atoms with E-state index in [0.717, 1.165) is 0 Å². The Morgan fingerprint density at radius 2 is 2.23 bits per heavy atom. The van der Waals surface area contributed by atoms with Crippen LogP contribution in [0.15, 0.2) is 12.1 Å². The molecule has 0 fully saturated rings. The second-order valence-electron chi connectivity index (χ2n) is 5.56. The quantitative estimate of drug-likeness (QED) is 0.825. The Balaban J connectivity index is 2.30. The summed E-state index contributed by atoms with van der Waals surface area (Å²) in [6.45, 7) is 5.89. The number of amides is 1. The van der Waals surface area contributed by atoms with E-state index < -0.39 is 12.0 Å². The number of nitrogens with zero attached hydrogens (tertiary/aromatic N) is 2. The fourth-order valence-corrected chi connectivity index (χ4v) is 2.18. The number of rotatable bonds is 5. The van der Waals surface area contributed by atoms with Gasteiger partial charge in [0.2, 0.25) is 0 Å². The van der Waals surface area contributed by atoms with Gasteiger partial charge < -0.3 is 15.2 Å². The molecule has 0 bridgehead atoms. The monoisotopic (exact) mass is 307 g/mol. The summed E-state index contributed by atoms with van der Waals surface area (Å²) in [5, 5.41) is 0. The van der Waals surface area contributed by atoms with Crippen LogP contribution in [-0.2, 0) is 14.3 Å². The highest BCUT2D eigenvalue weighted by molar-refractivity contribution is 6.02. The van der Waals surface area contributed by atoms with Gasteiger partial charge in [-0.25, -0.2) is 9.78 Å². The molecule has 120 valence electrons. The third kappa shape index (κ3) is 3.29. The fraction of sp³-hybridized carbons (Fsp3) is 0.533. The summed E-state index contributed by atoms with van der Waals surface area (Å²) in [6, 6.07) is 2.50. The molecular weight excluding hydrogens is 286 g/mol. The molecule has 7 nitrogen and oxygen atoms in total. The molecule has 1 aromatic heterocycles. The molecule has 0 spiro atoms. The molecule has 7 heteroatoms. The Kier molecular flexibility index (Phi) is 4.85. The maximum absolute atomic E-state index is 12.3. The van der Waals surface area contributed by atoms with Gasteiger partial charge in [0.25, 0.3) is 5.91 Å². The fourth-order valence-electron chi connectivity index (χ4n) is 2.18. The van der Waals surface area contributed by atoms with E-state index in [1.165, 1.54) is 4.90 Å². The topological polar surface area (TPSA) is 94.8 Å². The van der Waals surface area contributed by atoms with Crippen LogP contribution in [-0.4, -0.2) is 36.1 Å². The van der Waals surface area contributed by atoms with Gasteiger partial charge in [0, 0.05) is 0 Å². The van der Waals surface area contributed by atoms with Crippen molar-refractivity contribution in [1.29, 1.82) is 0 Å². The van der Waals surface area contributed by atoms with Crippen LogP contribution in [0.1, 0.15) is 27.2 Å². The smallest absolute Gasteiger partial charge is 0.329 e. The number of nitrogens with two attached hydrogens (primary N) is 1. The van der Waals surface area contributed by atoms with E-state index in [2.05, 4.69) is 4.98 Å². The summed E-state index contributed by atoms with van der Waals surface area (Å²) >= 11 is 0. The normalized spacial score (nSPS) is 15.3. The van der Waals surface area contributed by atoms with Gasteiger partial charge in [-0.2, -0.15) is 0 Å². The first-order valence-electron chi connectivity index (χ1n) is 7.32. The summed E-state index contributed by atoms with van der Waals surface area (Å²) in [7, 11) is 0. The van der Waals surface area contributed by atoms with Crippen molar-refractivity contribution < 1.29 is 19.1 Å². The molecule has 2 rings (SSSR count). The van der Waals surface area contributed by atoms with E-state index >= 15 is 0 Å². The lowest BCUT2D eigenvalue weighted by molar-refractivity contribution is -0.147. The third-order valence-electron chi connectivity index (χ3n) is 3.24. The van der Waals surface area contributed by atoms with Crippen molar-refractivity contribution in [3.63, 3.8) is 0 Å². The van der Waals surface area contributed by atoms with Crippen molar-refractivity contribution in [2.24, 2.45) is 5.92 Å². The van der Waals surface area contributed by atoms with Crippen molar-refractivity contribution in [2.45, 2.75) is 33.2 Å². The lowest BCUT2D eigenvalue weighted by Gasteiger charge is -2.33. The molecule has 2 N–H and O–H groups in total. The van der Waals surface area contributed by atoms with E-state index in [1.54, 1.807) is 12.1 Å². The molecule has 1 atom stereocenters. The van der Waals surface area contributed by atoms with Gasteiger partial charge >= 0.3 is 5.97 Å². The highest BCUT2D eigenvalue weighted by atomic mass is 16.5. The van der Waals surface area contributed by atoms with Crippen LogP contribution in [0.2, 0.25) is 0 Å². The maximum atomic E-state index is 12.3. The van der Waals surface area contributed by atoms with Gasteiger partial charge in [-0.05, 0) is 24.5 Å². The minimum Gasteiger partial charge on any atom is -0.480 e. The Hall–Kier alpha value is -2.31. The largest absolute Gasteiger partial charge is 0.480 e. The minimum absolute atomic E-state index is 0.132. The zero-order valence-corrected chi connectivity index (χ0v) is 13.0. The van der Waals surface area contributed by atoms with E-state index in [9.17, 15) is 9.59 Å². The highest BCUT2D eigenvalue weighted by Crippen LogP contribution is 2.33. The molecule has 1 unspecified atom stereocenters. The summed E-state index contributed by atoms with van der Waals surface area (Å²) in [5.41, 5.74) is 5.68. The van der Waals surface area contributed by atoms with Crippen molar-refractivity contribution in [3.05, 3.63) is 12.1 Å². The molecule has 0 aliphatic carbocycles. The zero-order chi connectivity index (χ0) is 16.3. The number of fused-ring (bicyclic) bond motifs is 1. The molecule has 22 heavy (non-hydrogen) atoms. The molecule has 1 aliphatic heterocycles. The van der Waals surface area contributed by atoms with Crippen LogP contribution in [0.25, 0.3) is 0 Å². The average molecular weight is 307 g/mol. The van der Waals surface area contributed by atoms with Crippen LogP contribution in [0.3, 0.4) is 0 Å². The van der Waals surface area contributed by atoms with Gasteiger partial charge in [-0.3, -0.25) is 9.69 Å². The lowest BCUT2D eigenvalue weighted by Crippen LogP contribution is -2.50.